The van der Waals surface area contributed by atoms with Crippen LogP contribution in [-0.4, -0.2) is 61.0 Å². The van der Waals surface area contributed by atoms with Crippen molar-refractivity contribution in [3.05, 3.63) is 47.0 Å². The summed E-state index contributed by atoms with van der Waals surface area (Å²) in [5.74, 6) is -0.145. The lowest BCUT2D eigenvalue weighted by molar-refractivity contribution is 0.268. The van der Waals surface area contributed by atoms with E-state index < -0.39 is 15.8 Å². The Morgan fingerprint density at radius 3 is 2.87 bits per heavy atom. The van der Waals surface area contributed by atoms with Crippen molar-refractivity contribution in [2.24, 2.45) is 0 Å². The first kappa shape index (κ1) is 18.9. The summed E-state index contributed by atoms with van der Waals surface area (Å²) in [5, 5.41) is 0. The molecule has 4 aromatic rings. The average Bonchev–Trinajstić information content (AvgIpc) is 3.26. The fourth-order valence-electron chi connectivity index (χ4n) is 3.93. The molecule has 0 bridgehead atoms. The molecule has 0 saturated carbocycles. The van der Waals surface area contributed by atoms with Crippen molar-refractivity contribution >= 4 is 26.8 Å². The second-order valence-corrected chi connectivity index (χ2v) is 9.35. The fourth-order valence-corrected chi connectivity index (χ4v) is 4.83. The number of nitrogens with zero attached hydrogens (tertiary/aromatic N) is 6. The zero-order valence-corrected chi connectivity index (χ0v) is 16.8. The predicted molar refractivity (Wildman–Crippen MR) is 107 cm³/mol. The van der Waals surface area contributed by atoms with E-state index in [0.717, 1.165) is 6.26 Å². The lowest BCUT2D eigenvalue weighted by Crippen LogP contribution is -2.42. The molecule has 1 aliphatic rings. The summed E-state index contributed by atoms with van der Waals surface area (Å²) in [6, 6.07) is 2.51. The van der Waals surface area contributed by atoms with Crippen molar-refractivity contribution in [2.75, 3.05) is 19.3 Å². The minimum Gasteiger partial charge on any atom is -0.303 e. The molecule has 1 saturated heterocycles. The topological polar surface area (TPSA) is 118 Å². The van der Waals surface area contributed by atoms with E-state index in [-0.39, 0.29) is 24.1 Å². The van der Waals surface area contributed by atoms with Gasteiger partial charge in [0.2, 0.25) is 10.0 Å². The number of H-pyrrole nitrogens is 1. The first-order valence-corrected chi connectivity index (χ1v) is 11.2. The van der Waals surface area contributed by atoms with Crippen molar-refractivity contribution in [1.29, 1.82) is 0 Å². The highest BCUT2D eigenvalue weighted by molar-refractivity contribution is 7.88. The van der Waals surface area contributed by atoms with Gasteiger partial charge in [0.05, 0.1) is 24.7 Å². The number of aromatic amines is 1. The smallest absolute Gasteiger partial charge is 0.303 e. The minimum absolute atomic E-state index is 0.200. The monoisotopic (exact) mass is 431 g/mol. The Hall–Kier alpha value is -3.12. The van der Waals surface area contributed by atoms with Crippen molar-refractivity contribution in [2.45, 2.75) is 18.9 Å². The highest BCUT2D eigenvalue weighted by atomic mass is 32.2. The van der Waals surface area contributed by atoms with Gasteiger partial charge in [0.1, 0.15) is 22.7 Å². The Morgan fingerprint density at radius 2 is 2.07 bits per heavy atom. The van der Waals surface area contributed by atoms with Crippen LogP contribution in [0.15, 0.2) is 35.5 Å². The van der Waals surface area contributed by atoms with Gasteiger partial charge in [-0.3, -0.25) is 8.97 Å². The Bertz CT molecular complexity index is 1440. The predicted octanol–water partition coefficient (Wildman–Crippen LogP) is 1.17. The Morgan fingerprint density at radius 1 is 1.23 bits per heavy atom. The molecular formula is C18H18FN7O3S. The third-order valence-corrected chi connectivity index (χ3v) is 6.62. The maximum absolute atomic E-state index is 13.7. The first-order valence-electron chi connectivity index (χ1n) is 9.36. The summed E-state index contributed by atoms with van der Waals surface area (Å²) in [6.45, 7) is 0.631. The standard InChI is InChI=1S/C18H18FN7O3S/c1-30(28,29)24-6-2-3-12(10-24)26-17-13(22-18(26)27)7-21-16(23-17)14-8-20-15-5-4-11(19)9-25(14)15/h4-5,7-9,12H,2-3,6,10H2,1H3,(H,22,27)/t12-/m1/s1. The van der Waals surface area contributed by atoms with Crippen LogP contribution in [-0.2, 0) is 10.0 Å². The number of fused-ring (bicyclic) bond motifs is 2. The van der Waals surface area contributed by atoms with Crippen molar-refractivity contribution in [1.82, 2.24) is 33.2 Å². The number of piperidine rings is 1. The van der Waals surface area contributed by atoms with E-state index in [4.69, 9.17) is 0 Å². The number of imidazole rings is 2. The van der Waals surface area contributed by atoms with Gasteiger partial charge in [0.25, 0.3) is 0 Å². The van der Waals surface area contributed by atoms with Crippen LogP contribution >= 0.6 is 0 Å². The molecule has 5 rings (SSSR count). The normalized spacial score (nSPS) is 18.4. The summed E-state index contributed by atoms with van der Waals surface area (Å²) >= 11 is 0. The molecule has 0 spiro atoms. The summed E-state index contributed by atoms with van der Waals surface area (Å²) in [5.41, 5.74) is 1.46. The van der Waals surface area contributed by atoms with Gasteiger partial charge in [0, 0.05) is 19.3 Å². The number of sulfonamides is 1. The Balaban J connectivity index is 1.63. The van der Waals surface area contributed by atoms with Crippen LogP contribution in [0, 0.1) is 5.82 Å². The van der Waals surface area contributed by atoms with Crippen LogP contribution in [0.4, 0.5) is 4.39 Å². The average molecular weight is 431 g/mol. The van der Waals surface area contributed by atoms with Crippen molar-refractivity contribution < 1.29 is 12.8 Å². The molecule has 0 aromatic carbocycles. The zero-order chi connectivity index (χ0) is 21.0. The molecule has 156 valence electrons. The van der Waals surface area contributed by atoms with Crippen LogP contribution in [0.3, 0.4) is 0 Å². The first-order chi connectivity index (χ1) is 14.3. The number of pyridine rings is 1. The highest BCUT2D eigenvalue weighted by Gasteiger charge is 2.29. The number of nitrogens with one attached hydrogen (secondary N) is 1. The Kier molecular flexibility index (Phi) is 4.22. The van der Waals surface area contributed by atoms with Crippen molar-refractivity contribution in [3.63, 3.8) is 0 Å². The zero-order valence-electron chi connectivity index (χ0n) is 16.0. The number of halogens is 1. The highest BCUT2D eigenvalue weighted by Crippen LogP contribution is 2.26. The third-order valence-electron chi connectivity index (χ3n) is 5.35. The molecule has 1 aliphatic heterocycles. The van der Waals surface area contributed by atoms with Crippen LogP contribution < -0.4 is 5.69 Å². The molecule has 0 aliphatic carbocycles. The number of hydrogen-bond donors (Lipinski definition) is 1. The molecule has 1 fully saturated rings. The molecular weight excluding hydrogens is 413 g/mol. The summed E-state index contributed by atoms with van der Waals surface area (Å²) in [6.07, 6.45) is 6.78. The molecule has 0 radical (unpaired) electrons. The largest absolute Gasteiger partial charge is 0.328 e. The van der Waals surface area contributed by atoms with Gasteiger partial charge < -0.3 is 4.98 Å². The Labute approximate surface area is 170 Å². The van der Waals surface area contributed by atoms with Crippen LogP contribution in [0.5, 0.6) is 0 Å². The molecule has 1 atom stereocenters. The van der Waals surface area contributed by atoms with Gasteiger partial charge >= 0.3 is 5.69 Å². The molecule has 0 amide bonds. The van der Waals surface area contributed by atoms with Gasteiger partial charge in [-0.05, 0) is 25.0 Å². The molecule has 4 aromatic heterocycles. The second-order valence-electron chi connectivity index (χ2n) is 7.37. The lowest BCUT2D eigenvalue weighted by Gasteiger charge is -2.31. The SMILES string of the molecule is CS(=O)(=O)N1CCC[C@@H](n2c(=O)[nH]c3cnc(-c4cnc5ccc(F)cn45)nc32)C1. The van der Waals surface area contributed by atoms with E-state index in [0.29, 0.717) is 41.9 Å². The van der Waals surface area contributed by atoms with E-state index >= 15 is 0 Å². The summed E-state index contributed by atoms with van der Waals surface area (Å²) in [7, 11) is -3.36. The molecule has 10 nitrogen and oxygen atoms in total. The quantitative estimate of drug-likeness (QED) is 0.520. The van der Waals surface area contributed by atoms with E-state index in [2.05, 4.69) is 19.9 Å². The van der Waals surface area contributed by atoms with Gasteiger partial charge in [0.15, 0.2) is 11.5 Å². The summed E-state index contributed by atoms with van der Waals surface area (Å²) < 4.78 is 42.1. The fraction of sp³-hybridized carbons (Fsp3) is 0.333. The summed E-state index contributed by atoms with van der Waals surface area (Å²) in [4.78, 5) is 28.5. The number of rotatable bonds is 3. The number of aromatic nitrogens is 6. The molecule has 0 unspecified atom stereocenters. The van der Waals surface area contributed by atoms with Crippen LogP contribution in [0.25, 0.3) is 28.3 Å². The minimum atomic E-state index is -3.36. The third kappa shape index (κ3) is 3.08. The second kappa shape index (κ2) is 6.71. The maximum atomic E-state index is 13.7. The van der Waals surface area contributed by atoms with Crippen molar-refractivity contribution in [3.8, 4) is 11.5 Å². The van der Waals surface area contributed by atoms with Gasteiger partial charge in [-0.15, -0.1) is 0 Å². The molecule has 1 N–H and O–H groups in total. The van der Waals surface area contributed by atoms with Gasteiger partial charge in [-0.1, -0.05) is 0 Å². The number of hydrogen-bond acceptors (Lipinski definition) is 6. The molecule has 30 heavy (non-hydrogen) atoms. The van der Waals surface area contributed by atoms with Gasteiger partial charge in [-0.25, -0.2) is 36.9 Å². The van der Waals surface area contributed by atoms with E-state index in [9.17, 15) is 17.6 Å². The van der Waals surface area contributed by atoms with Gasteiger partial charge in [-0.2, -0.15) is 0 Å². The maximum Gasteiger partial charge on any atom is 0.328 e. The van der Waals surface area contributed by atoms with Crippen LogP contribution in [0.1, 0.15) is 18.9 Å². The van der Waals surface area contributed by atoms with E-state index in [1.165, 1.54) is 37.9 Å². The van der Waals surface area contributed by atoms with E-state index in [1.807, 2.05) is 0 Å². The molecule has 12 heteroatoms. The van der Waals surface area contributed by atoms with Crippen LogP contribution in [0.2, 0.25) is 0 Å². The lowest BCUT2D eigenvalue weighted by atomic mass is 10.1. The molecule has 5 heterocycles. The van der Waals surface area contributed by atoms with E-state index in [1.54, 1.807) is 6.07 Å².